The Morgan fingerprint density at radius 1 is 0.853 bits per heavy atom. The molecule has 0 spiro atoms. The summed E-state index contributed by atoms with van der Waals surface area (Å²) in [4.78, 5) is 22.1. The van der Waals surface area contributed by atoms with E-state index in [1.165, 1.54) is 38.5 Å². The van der Waals surface area contributed by atoms with Crippen molar-refractivity contribution in [2.75, 3.05) is 19.8 Å². The zero-order valence-electron chi connectivity index (χ0n) is 20.7. The summed E-state index contributed by atoms with van der Waals surface area (Å²) in [6.45, 7) is 0.0245. The number of carbonyl (C=O) groups is 1. The molecule has 4 atom stereocenters. The van der Waals surface area contributed by atoms with Crippen LogP contribution in [0.4, 0.5) is 0 Å². The van der Waals surface area contributed by atoms with Crippen LogP contribution < -0.4 is 0 Å². The van der Waals surface area contributed by atoms with Gasteiger partial charge in [-0.1, -0.05) is 70.4 Å². The number of ketones is 1. The van der Waals surface area contributed by atoms with Crippen LogP contribution in [0.5, 0.6) is 0 Å². The number of aliphatic hydroxyl groups is 4. The molecule has 0 aliphatic heterocycles. The maximum absolute atomic E-state index is 12.4. The van der Waals surface area contributed by atoms with Crippen LogP contribution in [0.1, 0.15) is 96.8 Å². The lowest BCUT2D eigenvalue weighted by Crippen LogP contribution is -2.38. The maximum atomic E-state index is 12.4. The van der Waals surface area contributed by atoms with Crippen LogP contribution in [-0.4, -0.2) is 69.2 Å². The third-order valence-electron chi connectivity index (χ3n) is 5.43. The first-order chi connectivity index (χ1) is 16.3. The van der Waals surface area contributed by atoms with E-state index in [9.17, 15) is 24.5 Å². The molecule has 0 rings (SSSR count). The molecule has 0 aromatic rings. The summed E-state index contributed by atoms with van der Waals surface area (Å²) in [6, 6.07) is 0. The Morgan fingerprint density at radius 3 is 1.91 bits per heavy atom. The summed E-state index contributed by atoms with van der Waals surface area (Å²) in [5, 5.41) is 36.9. The fraction of sp³-hybridized carbons (Fsp3) is 0.875. The van der Waals surface area contributed by atoms with E-state index in [0.717, 1.165) is 38.5 Å². The molecule has 0 amide bonds. The zero-order chi connectivity index (χ0) is 25.7. The molecule has 0 aromatic heterocycles. The topological polar surface area (TPSA) is 154 Å². The van der Waals surface area contributed by atoms with Gasteiger partial charge in [-0.2, -0.15) is 0 Å². The van der Waals surface area contributed by atoms with Gasteiger partial charge in [0.1, 0.15) is 12.2 Å². The molecule has 0 bridgehead atoms. The van der Waals surface area contributed by atoms with E-state index in [0.29, 0.717) is 6.42 Å². The molecule has 0 heterocycles. The molecule has 9 nitrogen and oxygen atoms in total. The van der Waals surface area contributed by atoms with E-state index < -0.39 is 51.7 Å². The van der Waals surface area contributed by atoms with E-state index in [1.807, 2.05) is 0 Å². The molecule has 3 unspecified atom stereocenters. The predicted octanol–water partition coefficient (Wildman–Crippen LogP) is 3.80. The summed E-state index contributed by atoms with van der Waals surface area (Å²) < 4.78 is 21.2. The van der Waals surface area contributed by atoms with Crippen molar-refractivity contribution in [3.05, 3.63) is 12.2 Å². The van der Waals surface area contributed by atoms with Gasteiger partial charge in [0.05, 0.1) is 19.8 Å². The molecule has 0 radical (unpaired) electrons. The molecule has 0 saturated carbocycles. The first-order valence-electron chi connectivity index (χ1n) is 12.7. The minimum Gasteiger partial charge on any atom is -0.394 e. The van der Waals surface area contributed by atoms with Crippen molar-refractivity contribution < 1.29 is 43.7 Å². The second-order valence-corrected chi connectivity index (χ2v) is 10.1. The lowest BCUT2D eigenvalue weighted by molar-refractivity contribution is -0.134. The largest absolute Gasteiger partial charge is 0.473 e. The fourth-order valence-corrected chi connectivity index (χ4v) is 4.32. The fourth-order valence-electron chi connectivity index (χ4n) is 3.36. The Labute approximate surface area is 204 Å². The van der Waals surface area contributed by atoms with E-state index >= 15 is 0 Å². The molecular formula is C24H47O9P. The average Bonchev–Trinajstić information content (AvgIpc) is 2.82. The van der Waals surface area contributed by atoms with Crippen molar-refractivity contribution >= 4 is 13.6 Å². The third kappa shape index (κ3) is 18.7. The van der Waals surface area contributed by atoms with Crippen molar-refractivity contribution in [1.29, 1.82) is 0 Å². The highest BCUT2D eigenvalue weighted by molar-refractivity contribution is 7.47. The Hall–Kier alpha value is -0.640. The Bertz CT molecular complexity index is 571. The smallest absolute Gasteiger partial charge is 0.394 e. The molecule has 0 fully saturated rings. The average molecular weight is 511 g/mol. The monoisotopic (exact) mass is 510 g/mol. The lowest BCUT2D eigenvalue weighted by atomic mass is 10.0. The van der Waals surface area contributed by atoms with Crippen LogP contribution in [0.25, 0.3) is 0 Å². The first kappa shape index (κ1) is 33.4. The van der Waals surface area contributed by atoms with Gasteiger partial charge in [0, 0.05) is 6.42 Å². The minimum absolute atomic E-state index is 0.0269. The highest BCUT2D eigenvalue weighted by Gasteiger charge is 2.35. The quantitative estimate of drug-likeness (QED) is 0.0741. The molecule has 0 aliphatic rings. The lowest BCUT2D eigenvalue weighted by Gasteiger charge is -2.23. The molecule has 0 aliphatic carbocycles. The molecule has 10 heteroatoms. The maximum Gasteiger partial charge on any atom is 0.473 e. The number of hydrogen-bond donors (Lipinski definition) is 5. The first-order valence-corrected chi connectivity index (χ1v) is 14.2. The van der Waals surface area contributed by atoms with Crippen LogP contribution in [0.3, 0.4) is 0 Å². The van der Waals surface area contributed by atoms with Gasteiger partial charge in [-0.05, 0) is 32.1 Å². The van der Waals surface area contributed by atoms with Gasteiger partial charge in [-0.25, -0.2) is 4.57 Å². The zero-order valence-corrected chi connectivity index (χ0v) is 21.6. The highest BCUT2D eigenvalue weighted by Crippen LogP contribution is 2.45. The van der Waals surface area contributed by atoms with Crippen LogP contribution in [0.15, 0.2) is 12.2 Å². The molecule has 202 valence electrons. The molecule has 5 N–H and O–H groups in total. The van der Waals surface area contributed by atoms with E-state index in [2.05, 4.69) is 23.6 Å². The number of rotatable bonds is 24. The Balaban J connectivity index is 4.03. The standard InChI is InChI=1S/C24H47O9P/c1-2-3-4-5-6-7-8-9-10-11-12-13-14-15-16-17-22(28)24(23(29)19-26)33-34(30,31)32-20-21(27)18-25/h9-10,21,23-27,29H,2-8,11-20H2,1H3,(H,30,31)/b10-9-/t21-,23?,24?/m1/s1. The number of aliphatic hydroxyl groups excluding tert-OH is 4. The number of phosphoric acid groups is 1. The minimum atomic E-state index is -4.78. The van der Waals surface area contributed by atoms with Gasteiger partial charge in [-0.3, -0.25) is 13.8 Å². The van der Waals surface area contributed by atoms with Crippen molar-refractivity contribution in [2.45, 2.75) is 115 Å². The van der Waals surface area contributed by atoms with Crippen LogP contribution in [0.2, 0.25) is 0 Å². The number of carbonyl (C=O) groups excluding carboxylic acids is 1. The number of phosphoric ester groups is 1. The van der Waals surface area contributed by atoms with Gasteiger partial charge in [0.25, 0.3) is 0 Å². The number of unbranched alkanes of at least 4 members (excludes halogenated alkanes) is 11. The van der Waals surface area contributed by atoms with Gasteiger partial charge >= 0.3 is 7.82 Å². The predicted molar refractivity (Wildman–Crippen MR) is 131 cm³/mol. The van der Waals surface area contributed by atoms with Crippen LogP contribution >= 0.6 is 7.82 Å². The van der Waals surface area contributed by atoms with Crippen LogP contribution in [-0.2, 0) is 18.4 Å². The summed E-state index contributed by atoms with van der Waals surface area (Å²) >= 11 is 0. The van der Waals surface area contributed by atoms with Crippen LogP contribution in [0, 0.1) is 0 Å². The van der Waals surface area contributed by atoms with E-state index in [4.69, 9.17) is 14.7 Å². The van der Waals surface area contributed by atoms with E-state index in [1.54, 1.807) is 0 Å². The summed E-state index contributed by atoms with van der Waals surface area (Å²) in [6.07, 6.45) is 14.2. The van der Waals surface area contributed by atoms with Gasteiger partial charge < -0.3 is 25.3 Å². The van der Waals surface area contributed by atoms with Gasteiger partial charge in [-0.15, -0.1) is 0 Å². The second-order valence-electron chi connectivity index (χ2n) is 8.68. The third-order valence-corrected chi connectivity index (χ3v) is 6.40. The van der Waals surface area contributed by atoms with Crippen molar-refractivity contribution in [2.24, 2.45) is 0 Å². The van der Waals surface area contributed by atoms with Crippen molar-refractivity contribution in [3.8, 4) is 0 Å². The highest BCUT2D eigenvalue weighted by atomic mass is 31.2. The van der Waals surface area contributed by atoms with Gasteiger partial charge in [0.15, 0.2) is 11.9 Å². The number of hydrogen-bond acceptors (Lipinski definition) is 8. The summed E-state index contributed by atoms with van der Waals surface area (Å²) in [7, 11) is -4.78. The Kier molecular flexibility index (Phi) is 21.2. The van der Waals surface area contributed by atoms with Crippen molar-refractivity contribution in [3.63, 3.8) is 0 Å². The molecular weight excluding hydrogens is 463 g/mol. The molecule has 34 heavy (non-hydrogen) atoms. The normalized spacial score (nSPS) is 16.4. The second kappa shape index (κ2) is 21.6. The Morgan fingerprint density at radius 2 is 1.38 bits per heavy atom. The molecule has 0 aromatic carbocycles. The summed E-state index contributed by atoms with van der Waals surface area (Å²) in [5.74, 6) is -0.611. The van der Waals surface area contributed by atoms with E-state index in [-0.39, 0.29) is 6.42 Å². The summed E-state index contributed by atoms with van der Waals surface area (Å²) in [5.41, 5.74) is 0. The number of allylic oxidation sites excluding steroid dienone is 2. The SMILES string of the molecule is CCCCCCCC/C=C\CCCCCCCC(=O)C(OP(=O)(O)OC[C@H](O)CO)C(O)CO. The number of Topliss-reactive ketones (excluding diaryl/α,β-unsaturated/α-hetero) is 1. The van der Waals surface area contributed by atoms with Crippen molar-refractivity contribution in [1.82, 2.24) is 0 Å². The molecule has 0 saturated heterocycles. The van der Waals surface area contributed by atoms with Gasteiger partial charge in [0.2, 0.25) is 0 Å².